The van der Waals surface area contributed by atoms with E-state index < -0.39 is 15.8 Å². The van der Waals surface area contributed by atoms with Crippen molar-refractivity contribution in [3.05, 3.63) is 23.0 Å². The van der Waals surface area contributed by atoms with E-state index in [1.54, 1.807) is 13.8 Å². The Balaban J connectivity index is 2.39. The maximum absolute atomic E-state index is 13.6. The van der Waals surface area contributed by atoms with Crippen LogP contribution in [0.5, 0.6) is 0 Å². The summed E-state index contributed by atoms with van der Waals surface area (Å²) in [6.07, 6.45) is 1.84. The lowest BCUT2D eigenvalue weighted by molar-refractivity contribution is 0.402. The molecule has 3 atom stereocenters. The second-order valence-corrected chi connectivity index (χ2v) is 7.84. The van der Waals surface area contributed by atoms with E-state index in [1.165, 1.54) is 6.07 Å². The molecule has 3 N–H and O–H groups in total. The molecule has 1 fully saturated rings. The zero-order valence-corrected chi connectivity index (χ0v) is 13.7. The lowest BCUT2D eigenvalue weighted by Gasteiger charge is -2.21. The van der Waals surface area contributed by atoms with Crippen LogP contribution in [0.4, 0.5) is 10.1 Å². The molecule has 1 aliphatic carbocycles. The molecular formula is C15H23FN2O2S. The van der Waals surface area contributed by atoms with Crippen LogP contribution < -0.4 is 10.5 Å². The summed E-state index contributed by atoms with van der Waals surface area (Å²) in [4.78, 5) is 0.105. The first-order valence-corrected chi connectivity index (χ1v) is 8.71. The molecule has 0 aromatic heterocycles. The number of rotatable bonds is 3. The van der Waals surface area contributed by atoms with Crippen molar-refractivity contribution < 1.29 is 12.8 Å². The molecule has 3 unspecified atom stereocenters. The molecule has 0 radical (unpaired) electrons. The van der Waals surface area contributed by atoms with Crippen LogP contribution in [0.25, 0.3) is 0 Å². The van der Waals surface area contributed by atoms with Gasteiger partial charge in [-0.05, 0) is 55.7 Å². The van der Waals surface area contributed by atoms with Gasteiger partial charge in [0.1, 0.15) is 5.82 Å². The average molecular weight is 314 g/mol. The third kappa shape index (κ3) is 2.92. The number of sulfonamides is 1. The highest BCUT2D eigenvalue weighted by atomic mass is 32.2. The number of nitrogens with one attached hydrogen (secondary N) is 1. The molecule has 0 saturated heterocycles. The Kier molecular flexibility index (Phi) is 4.31. The second-order valence-electron chi connectivity index (χ2n) is 6.18. The van der Waals surface area contributed by atoms with Crippen LogP contribution in [0, 0.1) is 31.5 Å². The molecule has 118 valence electrons. The normalized spacial score (nSPS) is 26.2. The van der Waals surface area contributed by atoms with Gasteiger partial charge in [0.25, 0.3) is 0 Å². The molecule has 1 aromatic rings. The number of hydrogen-bond donors (Lipinski definition) is 2. The van der Waals surface area contributed by atoms with Gasteiger partial charge in [-0.3, -0.25) is 0 Å². The van der Waals surface area contributed by atoms with E-state index in [2.05, 4.69) is 18.6 Å². The van der Waals surface area contributed by atoms with Gasteiger partial charge >= 0.3 is 0 Å². The Hall–Kier alpha value is -1.14. The fourth-order valence-corrected chi connectivity index (χ4v) is 4.98. The number of anilines is 1. The molecule has 1 aliphatic rings. The summed E-state index contributed by atoms with van der Waals surface area (Å²) >= 11 is 0. The molecule has 21 heavy (non-hydrogen) atoms. The van der Waals surface area contributed by atoms with Gasteiger partial charge in [0.15, 0.2) is 0 Å². The van der Waals surface area contributed by atoms with Crippen molar-refractivity contribution in [1.29, 1.82) is 0 Å². The molecule has 2 rings (SSSR count). The third-order valence-corrected chi connectivity index (χ3v) is 6.52. The molecule has 0 spiro atoms. The first-order chi connectivity index (χ1) is 9.65. The van der Waals surface area contributed by atoms with Gasteiger partial charge in [-0.25, -0.2) is 17.5 Å². The number of hydrogen-bond acceptors (Lipinski definition) is 3. The zero-order valence-electron chi connectivity index (χ0n) is 12.9. The monoisotopic (exact) mass is 314 g/mol. The average Bonchev–Trinajstić information content (AvgIpc) is 2.67. The van der Waals surface area contributed by atoms with E-state index in [4.69, 9.17) is 5.73 Å². The summed E-state index contributed by atoms with van der Waals surface area (Å²) < 4.78 is 41.7. The Morgan fingerprint density at radius 1 is 1.29 bits per heavy atom. The summed E-state index contributed by atoms with van der Waals surface area (Å²) in [5, 5.41) is 0. The van der Waals surface area contributed by atoms with E-state index in [9.17, 15) is 12.8 Å². The van der Waals surface area contributed by atoms with Crippen LogP contribution in [0.15, 0.2) is 11.0 Å². The van der Waals surface area contributed by atoms with E-state index in [-0.39, 0.29) is 28.1 Å². The molecule has 0 bridgehead atoms. The van der Waals surface area contributed by atoms with Crippen LogP contribution in [-0.2, 0) is 10.0 Å². The van der Waals surface area contributed by atoms with E-state index in [0.29, 0.717) is 11.5 Å². The van der Waals surface area contributed by atoms with Gasteiger partial charge in [0.05, 0.1) is 10.6 Å². The van der Waals surface area contributed by atoms with Crippen LogP contribution in [-0.4, -0.2) is 14.5 Å². The van der Waals surface area contributed by atoms with Gasteiger partial charge in [0, 0.05) is 6.04 Å². The minimum atomic E-state index is -3.70. The summed E-state index contributed by atoms with van der Waals surface area (Å²) in [5.41, 5.74) is 6.19. The Morgan fingerprint density at radius 3 is 2.43 bits per heavy atom. The van der Waals surface area contributed by atoms with Gasteiger partial charge in [-0.1, -0.05) is 13.8 Å². The summed E-state index contributed by atoms with van der Waals surface area (Å²) in [6.45, 7) is 7.32. The molecule has 0 heterocycles. The van der Waals surface area contributed by atoms with E-state index in [0.717, 1.165) is 12.8 Å². The molecule has 1 saturated carbocycles. The molecule has 0 amide bonds. The molecule has 6 heteroatoms. The minimum Gasteiger partial charge on any atom is -0.396 e. The maximum Gasteiger partial charge on any atom is 0.241 e. The van der Waals surface area contributed by atoms with Crippen molar-refractivity contribution in [3.8, 4) is 0 Å². The molecule has 1 aromatic carbocycles. The van der Waals surface area contributed by atoms with E-state index >= 15 is 0 Å². The summed E-state index contributed by atoms with van der Waals surface area (Å²) in [6, 6.07) is 1.10. The SMILES string of the molecule is Cc1cc(F)c(N)c(C)c1S(=O)(=O)NC1CCC(C)C1C. The van der Waals surface area contributed by atoms with Crippen LogP contribution in [0.2, 0.25) is 0 Å². The standard InChI is InChI=1S/C15H23FN2O2S/c1-8-5-6-13(10(8)3)18-21(19,20)15-9(2)7-12(16)14(17)11(15)4/h7-8,10,13,18H,5-6,17H2,1-4H3. The minimum absolute atomic E-state index is 0.0740. The van der Waals surface area contributed by atoms with Crippen molar-refractivity contribution in [2.24, 2.45) is 11.8 Å². The Morgan fingerprint density at radius 2 is 1.90 bits per heavy atom. The smallest absolute Gasteiger partial charge is 0.241 e. The fourth-order valence-electron chi connectivity index (χ4n) is 3.13. The highest BCUT2D eigenvalue weighted by Gasteiger charge is 2.34. The van der Waals surface area contributed by atoms with Gasteiger partial charge in [-0.2, -0.15) is 0 Å². The number of benzene rings is 1. The van der Waals surface area contributed by atoms with Crippen molar-refractivity contribution >= 4 is 15.7 Å². The predicted molar refractivity (Wildman–Crippen MR) is 82.0 cm³/mol. The summed E-state index contributed by atoms with van der Waals surface area (Å²) in [5.74, 6) is 0.211. The van der Waals surface area contributed by atoms with Crippen LogP contribution in [0.3, 0.4) is 0 Å². The highest BCUT2D eigenvalue weighted by molar-refractivity contribution is 7.89. The lowest BCUT2D eigenvalue weighted by Crippen LogP contribution is -2.38. The third-order valence-electron chi connectivity index (χ3n) is 4.74. The topological polar surface area (TPSA) is 72.2 Å². The number of halogens is 1. The second kappa shape index (κ2) is 5.57. The fraction of sp³-hybridized carbons (Fsp3) is 0.600. The largest absolute Gasteiger partial charge is 0.396 e. The van der Waals surface area contributed by atoms with Crippen molar-refractivity contribution in [1.82, 2.24) is 4.72 Å². The molecule has 0 aliphatic heterocycles. The first kappa shape index (κ1) is 16.2. The maximum atomic E-state index is 13.6. The zero-order chi connectivity index (χ0) is 15.9. The Labute approximate surface area is 126 Å². The number of nitrogen functional groups attached to an aromatic ring is 1. The van der Waals surface area contributed by atoms with Crippen molar-refractivity contribution in [2.45, 2.75) is 51.5 Å². The first-order valence-electron chi connectivity index (χ1n) is 7.22. The number of nitrogens with two attached hydrogens (primary N) is 1. The van der Waals surface area contributed by atoms with Crippen molar-refractivity contribution in [2.75, 3.05) is 5.73 Å². The van der Waals surface area contributed by atoms with Crippen LogP contribution in [0.1, 0.15) is 37.8 Å². The quantitative estimate of drug-likeness (QED) is 0.843. The predicted octanol–water partition coefficient (Wildman–Crippen LogP) is 2.74. The lowest BCUT2D eigenvalue weighted by atomic mass is 9.98. The summed E-state index contributed by atoms with van der Waals surface area (Å²) in [7, 11) is -3.70. The number of aryl methyl sites for hydroxylation is 1. The van der Waals surface area contributed by atoms with Crippen LogP contribution >= 0.6 is 0 Å². The molecule has 4 nitrogen and oxygen atoms in total. The van der Waals surface area contributed by atoms with Gasteiger partial charge in [0.2, 0.25) is 10.0 Å². The van der Waals surface area contributed by atoms with Gasteiger partial charge < -0.3 is 5.73 Å². The van der Waals surface area contributed by atoms with Crippen molar-refractivity contribution in [3.63, 3.8) is 0 Å². The molecular weight excluding hydrogens is 291 g/mol. The van der Waals surface area contributed by atoms with Gasteiger partial charge in [-0.15, -0.1) is 0 Å². The Bertz CT molecular complexity index is 658. The highest BCUT2D eigenvalue weighted by Crippen LogP contribution is 2.33. The van der Waals surface area contributed by atoms with E-state index in [1.807, 2.05) is 0 Å².